The summed E-state index contributed by atoms with van der Waals surface area (Å²) in [6.07, 6.45) is 1.97. The maximum atomic E-state index is 13.1. The molecule has 0 N–H and O–H groups in total. The molecule has 1 aliphatic rings. The van der Waals surface area contributed by atoms with Crippen molar-refractivity contribution in [3.05, 3.63) is 64.2 Å². The largest absolute Gasteiger partial charge is 0.522 e. The van der Waals surface area contributed by atoms with E-state index in [0.29, 0.717) is 0 Å². The summed E-state index contributed by atoms with van der Waals surface area (Å²) in [5.74, 6) is 0. The van der Waals surface area contributed by atoms with Crippen LogP contribution < -0.4 is 0 Å². The normalized spacial score (nSPS) is 17.4. The van der Waals surface area contributed by atoms with Gasteiger partial charge in [0.25, 0.3) is 0 Å². The van der Waals surface area contributed by atoms with Crippen LogP contribution in [0, 0.1) is 0 Å². The Morgan fingerprint density at radius 1 is 0.886 bits per heavy atom. The van der Waals surface area contributed by atoms with Crippen LogP contribution in [0.5, 0.6) is 0 Å². The quantitative estimate of drug-likeness (QED) is 0.300. The molecule has 0 aliphatic heterocycles. The van der Waals surface area contributed by atoms with Gasteiger partial charge >= 0.3 is 15.6 Å². The van der Waals surface area contributed by atoms with Crippen LogP contribution in [0.1, 0.15) is 76.3 Å². The van der Waals surface area contributed by atoms with E-state index < -0.39 is 29.5 Å². The summed E-state index contributed by atoms with van der Waals surface area (Å²) in [7, 11) is -9.10. The molecule has 0 spiro atoms. The van der Waals surface area contributed by atoms with Gasteiger partial charge in [-0.25, -0.2) is 0 Å². The fourth-order valence-corrected chi connectivity index (χ4v) is 9.96. The minimum atomic E-state index is -5.69. The molecule has 192 valence electrons. The predicted molar refractivity (Wildman–Crippen MR) is 139 cm³/mol. The molecule has 0 radical (unpaired) electrons. The van der Waals surface area contributed by atoms with Crippen LogP contribution in [0.25, 0.3) is 17.2 Å². The zero-order chi connectivity index (χ0) is 26.8. The standard InChI is InChI=1S/C27H35F3O3SSi/c1-17-13-23-21(18-14-19(25(2,3)4)16-20(15-18)26(5,6)7)11-10-12-22(23)24(17)35(8,9)33-34(31,32)27(28,29)30/h10-16,24H,1-9H3. The maximum absolute atomic E-state index is 13.1. The van der Waals surface area contributed by atoms with Crippen LogP contribution in [0.15, 0.2) is 42.0 Å². The molecule has 1 unspecified atom stereocenters. The second kappa shape index (κ2) is 8.59. The van der Waals surface area contributed by atoms with Crippen molar-refractivity contribution < 1.29 is 25.5 Å². The van der Waals surface area contributed by atoms with Crippen LogP contribution >= 0.6 is 0 Å². The van der Waals surface area contributed by atoms with E-state index in [2.05, 4.69) is 59.7 Å². The van der Waals surface area contributed by atoms with E-state index in [0.717, 1.165) is 27.8 Å². The van der Waals surface area contributed by atoms with E-state index in [4.69, 9.17) is 3.87 Å². The third kappa shape index (κ3) is 5.44. The summed E-state index contributed by atoms with van der Waals surface area (Å²) in [4.78, 5) is 0. The number of benzene rings is 2. The first-order valence-corrected chi connectivity index (χ1v) is 16.0. The Kier molecular flexibility index (Phi) is 6.80. The van der Waals surface area contributed by atoms with Gasteiger partial charge in [-0.05, 0) is 64.2 Å². The lowest BCUT2D eigenvalue weighted by molar-refractivity contribution is -0.0504. The highest BCUT2D eigenvalue weighted by atomic mass is 32.2. The molecule has 0 heterocycles. The van der Waals surface area contributed by atoms with Gasteiger partial charge in [0.1, 0.15) is 0 Å². The number of fused-ring (bicyclic) bond motifs is 1. The van der Waals surface area contributed by atoms with Crippen molar-refractivity contribution in [1.29, 1.82) is 0 Å². The summed E-state index contributed by atoms with van der Waals surface area (Å²) in [6.45, 7) is 17.9. The van der Waals surface area contributed by atoms with E-state index in [-0.39, 0.29) is 10.8 Å². The Morgan fingerprint density at radius 3 is 1.86 bits per heavy atom. The smallest absolute Gasteiger partial charge is 0.307 e. The fraction of sp³-hybridized carbons (Fsp3) is 0.481. The summed E-state index contributed by atoms with van der Waals surface area (Å²) in [6, 6.07) is 12.4. The van der Waals surface area contributed by atoms with Gasteiger partial charge in [0, 0.05) is 5.54 Å². The summed E-state index contributed by atoms with van der Waals surface area (Å²) < 4.78 is 67.9. The van der Waals surface area contributed by atoms with Gasteiger partial charge in [-0.3, -0.25) is 0 Å². The Morgan fingerprint density at radius 2 is 1.40 bits per heavy atom. The number of allylic oxidation sites excluding steroid dienone is 1. The molecule has 35 heavy (non-hydrogen) atoms. The first kappa shape index (κ1) is 27.7. The molecule has 0 aromatic heterocycles. The van der Waals surface area contributed by atoms with Crippen molar-refractivity contribution in [2.75, 3.05) is 0 Å². The van der Waals surface area contributed by atoms with Gasteiger partial charge in [-0.1, -0.05) is 89.6 Å². The van der Waals surface area contributed by atoms with E-state index in [1.54, 1.807) is 0 Å². The van der Waals surface area contributed by atoms with Crippen LogP contribution in [0.4, 0.5) is 13.2 Å². The summed E-state index contributed by atoms with van der Waals surface area (Å²) in [5, 5.41) is 0. The molecule has 3 nitrogen and oxygen atoms in total. The van der Waals surface area contributed by atoms with Gasteiger partial charge in [-0.15, -0.1) is 0 Å². The van der Waals surface area contributed by atoms with Gasteiger partial charge in [0.05, 0.1) is 0 Å². The van der Waals surface area contributed by atoms with Crippen molar-refractivity contribution in [1.82, 2.24) is 0 Å². The predicted octanol–water partition coefficient (Wildman–Crippen LogP) is 8.06. The van der Waals surface area contributed by atoms with E-state index in [9.17, 15) is 21.6 Å². The monoisotopic (exact) mass is 524 g/mol. The Hall–Kier alpha value is -1.90. The van der Waals surface area contributed by atoms with Crippen LogP contribution in [0.3, 0.4) is 0 Å². The number of hydrogen-bond acceptors (Lipinski definition) is 3. The molecule has 0 fully saturated rings. The Labute approximate surface area is 208 Å². The molecular formula is C27H35F3O3SSi. The van der Waals surface area contributed by atoms with Gasteiger partial charge in [-0.2, -0.15) is 21.6 Å². The number of alkyl halides is 3. The van der Waals surface area contributed by atoms with E-state index in [1.165, 1.54) is 24.2 Å². The highest BCUT2D eigenvalue weighted by Crippen LogP contribution is 2.47. The number of halogens is 3. The Balaban J connectivity index is 2.18. The zero-order valence-corrected chi connectivity index (χ0v) is 23.7. The minimum absolute atomic E-state index is 0.0725. The lowest BCUT2D eigenvalue weighted by Crippen LogP contribution is -2.44. The lowest BCUT2D eigenvalue weighted by Gasteiger charge is -2.31. The first-order chi connectivity index (χ1) is 15.6. The molecule has 0 bridgehead atoms. The minimum Gasteiger partial charge on any atom is -0.307 e. The average Bonchev–Trinajstić information content (AvgIpc) is 3.01. The van der Waals surface area contributed by atoms with Crippen molar-refractivity contribution in [3.63, 3.8) is 0 Å². The van der Waals surface area contributed by atoms with Gasteiger partial charge in [0.2, 0.25) is 8.32 Å². The topological polar surface area (TPSA) is 43.4 Å². The molecule has 8 heteroatoms. The van der Waals surface area contributed by atoms with Crippen molar-refractivity contribution in [3.8, 4) is 11.1 Å². The molecule has 1 aliphatic carbocycles. The molecule has 0 amide bonds. The summed E-state index contributed by atoms with van der Waals surface area (Å²) >= 11 is 0. The van der Waals surface area contributed by atoms with Gasteiger partial charge in [0.15, 0.2) is 0 Å². The molecule has 0 saturated heterocycles. The molecular weight excluding hydrogens is 489 g/mol. The average molecular weight is 525 g/mol. The van der Waals surface area contributed by atoms with Crippen molar-refractivity contribution >= 4 is 24.5 Å². The van der Waals surface area contributed by atoms with Crippen LogP contribution in [-0.4, -0.2) is 22.2 Å². The molecule has 1 atom stereocenters. The highest BCUT2D eigenvalue weighted by molar-refractivity contribution is 7.88. The Bertz CT molecular complexity index is 1250. The second-order valence-electron chi connectivity index (χ2n) is 12.0. The van der Waals surface area contributed by atoms with Crippen LogP contribution in [0.2, 0.25) is 13.1 Å². The van der Waals surface area contributed by atoms with Gasteiger partial charge < -0.3 is 3.87 Å². The molecule has 2 aromatic carbocycles. The molecule has 2 aromatic rings. The maximum Gasteiger partial charge on any atom is 0.522 e. The van der Waals surface area contributed by atoms with Crippen molar-refractivity contribution in [2.45, 2.75) is 83.4 Å². The fourth-order valence-electron chi connectivity index (χ4n) is 4.75. The van der Waals surface area contributed by atoms with E-state index in [1.807, 2.05) is 31.2 Å². The van der Waals surface area contributed by atoms with Crippen LogP contribution in [-0.2, 0) is 24.8 Å². The lowest BCUT2D eigenvalue weighted by atomic mass is 9.78. The third-order valence-corrected chi connectivity index (χ3v) is 11.9. The zero-order valence-electron chi connectivity index (χ0n) is 21.9. The number of rotatable bonds is 4. The first-order valence-electron chi connectivity index (χ1n) is 11.6. The highest BCUT2D eigenvalue weighted by Gasteiger charge is 2.53. The SMILES string of the molecule is CC1=Cc2c(-c3cc(C(C)(C)C)cc(C(C)(C)C)c3)cccc2C1[Si](C)(C)OS(=O)(=O)C(F)(F)F. The summed E-state index contributed by atoms with van der Waals surface area (Å²) in [5.41, 5.74) is 0.831. The van der Waals surface area contributed by atoms with E-state index >= 15 is 0 Å². The molecule has 0 saturated carbocycles. The third-order valence-electron chi connectivity index (χ3n) is 6.56. The molecule has 3 rings (SSSR count). The number of hydrogen-bond donors (Lipinski definition) is 0. The van der Waals surface area contributed by atoms with Crippen molar-refractivity contribution in [2.24, 2.45) is 0 Å². The second-order valence-corrected chi connectivity index (χ2v) is 17.8.